The Morgan fingerprint density at radius 3 is 2.84 bits per heavy atom. The first-order valence-electron chi connectivity index (χ1n) is 11.2. The fraction of sp³-hybridized carbons (Fsp3) is 0.583. The van der Waals surface area contributed by atoms with Gasteiger partial charge in [-0.15, -0.1) is 0 Å². The molecule has 2 aliphatic rings. The molecule has 2 heterocycles. The van der Waals surface area contributed by atoms with Gasteiger partial charge < -0.3 is 15.6 Å². The number of rotatable bonds is 9. The van der Waals surface area contributed by atoms with Gasteiger partial charge in [-0.3, -0.25) is 9.79 Å². The van der Waals surface area contributed by atoms with Crippen LogP contribution in [0.2, 0.25) is 0 Å². The van der Waals surface area contributed by atoms with Gasteiger partial charge in [0.25, 0.3) is 0 Å². The van der Waals surface area contributed by atoms with Crippen molar-refractivity contribution in [2.75, 3.05) is 19.5 Å². The van der Waals surface area contributed by atoms with E-state index >= 15 is 0 Å². The zero-order valence-corrected chi connectivity index (χ0v) is 20.2. The molecule has 8 heteroatoms. The summed E-state index contributed by atoms with van der Waals surface area (Å²) in [7, 11) is 1.00. The van der Waals surface area contributed by atoms with E-state index < -0.39 is 0 Å². The fourth-order valence-corrected chi connectivity index (χ4v) is 5.39. The number of allylic oxidation sites excluding steroid dienone is 2. The molecule has 1 saturated carbocycles. The van der Waals surface area contributed by atoms with Gasteiger partial charge in [-0.1, -0.05) is 50.3 Å². The molecule has 176 valence electrons. The number of aromatic nitrogens is 2. The molecule has 0 saturated heterocycles. The molecule has 1 aromatic rings. The predicted octanol–water partition coefficient (Wildman–Crippen LogP) is 4.19. The maximum absolute atomic E-state index is 12.3. The summed E-state index contributed by atoms with van der Waals surface area (Å²) in [6.07, 6.45) is 12.7. The summed E-state index contributed by atoms with van der Waals surface area (Å²) < 4.78 is 5.26. The molecule has 0 radical (unpaired) electrons. The second-order valence-corrected chi connectivity index (χ2v) is 9.10. The second-order valence-electron chi connectivity index (χ2n) is 8.06. The number of nitrogens with zero attached hydrogens (tertiary/aromatic N) is 3. The summed E-state index contributed by atoms with van der Waals surface area (Å²) in [5.74, 6) is 2.22. The lowest BCUT2D eigenvalue weighted by molar-refractivity contribution is 0.0990. The van der Waals surface area contributed by atoms with Crippen LogP contribution in [0.15, 0.2) is 41.7 Å². The highest BCUT2D eigenvalue weighted by molar-refractivity contribution is 8.13. The average molecular weight is 461 g/mol. The van der Waals surface area contributed by atoms with Crippen LogP contribution < -0.4 is 10.5 Å². The first-order chi connectivity index (χ1) is 15.5. The van der Waals surface area contributed by atoms with E-state index in [0.717, 1.165) is 25.7 Å². The van der Waals surface area contributed by atoms with Crippen LogP contribution in [0, 0.1) is 11.8 Å². The van der Waals surface area contributed by atoms with Gasteiger partial charge in [0, 0.05) is 19.3 Å². The van der Waals surface area contributed by atoms with E-state index in [0.29, 0.717) is 35.7 Å². The lowest BCUT2D eigenvalue weighted by Gasteiger charge is -2.46. The first-order valence-corrected chi connectivity index (χ1v) is 12.2. The summed E-state index contributed by atoms with van der Waals surface area (Å²) >= 11 is 1.67. The van der Waals surface area contributed by atoms with Crippen molar-refractivity contribution in [1.82, 2.24) is 9.97 Å². The number of amidine groups is 1. The maximum atomic E-state index is 12.3. The van der Waals surface area contributed by atoms with Gasteiger partial charge in [0.1, 0.15) is 5.69 Å². The highest BCUT2D eigenvalue weighted by Crippen LogP contribution is 2.48. The Hall–Kier alpha value is -2.19. The summed E-state index contributed by atoms with van der Waals surface area (Å²) in [5.41, 5.74) is 7.44. The number of aliphatic imine (C=N–C) groups is 1. The average Bonchev–Trinajstić information content (AvgIpc) is 2.82. The Bertz CT molecular complexity index is 825. The number of fused-ring (bicyclic) bond motifs is 1. The van der Waals surface area contributed by atoms with Gasteiger partial charge in [0.15, 0.2) is 11.0 Å². The van der Waals surface area contributed by atoms with Gasteiger partial charge >= 0.3 is 0 Å². The number of hydrogen-bond donors (Lipinski definition) is 2. The van der Waals surface area contributed by atoms with Crippen molar-refractivity contribution >= 4 is 22.7 Å². The molecule has 0 bridgehead atoms. The van der Waals surface area contributed by atoms with Gasteiger partial charge in [-0.05, 0) is 43.6 Å². The van der Waals surface area contributed by atoms with Gasteiger partial charge in [0.05, 0.1) is 24.5 Å². The Labute approximate surface area is 195 Å². The van der Waals surface area contributed by atoms with Gasteiger partial charge in [0.2, 0.25) is 5.88 Å². The van der Waals surface area contributed by atoms with E-state index in [1.54, 1.807) is 11.8 Å². The number of ether oxygens (including phenoxy) is 1. The zero-order chi connectivity index (χ0) is 23.6. The summed E-state index contributed by atoms with van der Waals surface area (Å²) in [4.78, 5) is 25.5. The maximum Gasteiger partial charge on any atom is 0.232 e. The molecular weight excluding hydrogens is 424 g/mol. The normalized spacial score (nSPS) is 23.4. The van der Waals surface area contributed by atoms with Crippen molar-refractivity contribution in [3.63, 3.8) is 0 Å². The zero-order valence-electron chi connectivity index (χ0n) is 19.4. The van der Waals surface area contributed by atoms with E-state index in [1.807, 2.05) is 13.0 Å². The molecule has 1 unspecified atom stereocenters. The van der Waals surface area contributed by atoms with Gasteiger partial charge in [-0.2, -0.15) is 0 Å². The van der Waals surface area contributed by atoms with E-state index in [4.69, 9.17) is 20.6 Å². The third-order valence-corrected chi connectivity index (χ3v) is 7.05. The number of aliphatic hydroxyl groups excluding tert-OH is 1. The van der Waals surface area contributed by atoms with Crippen molar-refractivity contribution in [1.29, 1.82) is 0 Å². The molecule has 0 spiro atoms. The van der Waals surface area contributed by atoms with Gasteiger partial charge in [-0.25, -0.2) is 9.97 Å². The van der Waals surface area contributed by atoms with Crippen molar-refractivity contribution in [2.24, 2.45) is 22.6 Å². The third kappa shape index (κ3) is 6.42. The highest BCUT2D eigenvalue weighted by atomic mass is 32.2. The van der Waals surface area contributed by atoms with Crippen molar-refractivity contribution in [3.05, 3.63) is 42.4 Å². The molecule has 3 rings (SSSR count). The molecule has 32 heavy (non-hydrogen) atoms. The number of ketones is 1. The minimum absolute atomic E-state index is 0.0547. The number of Topliss-reactive ketones (excluding diaryl/α,β-unsaturated/α-hetero) is 1. The Kier molecular flexibility index (Phi) is 10.4. The lowest BCUT2D eigenvalue weighted by atomic mass is 9.66. The molecule has 0 amide bonds. The van der Waals surface area contributed by atoms with Crippen LogP contribution in [0.5, 0.6) is 5.88 Å². The molecule has 3 atom stereocenters. The van der Waals surface area contributed by atoms with E-state index in [2.05, 4.69) is 29.5 Å². The number of hydrogen-bond acceptors (Lipinski definition) is 8. The van der Waals surface area contributed by atoms with Crippen LogP contribution >= 0.6 is 11.8 Å². The topological polar surface area (TPSA) is 111 Å². The molecule has 1 aliphatic carbocycles. The summed E-state index contributed by atoms with van der Waals surface area (Å²) in [5, 5.41) is 7.69. The summed E-state index contributed by atoms with van der Waals surface area (Å²) in [6.45, 7) is 9.06. The Morgan fingerprint density at radius 1 is 1.38 bits per heavy atom. The SMILES string of the molecule is C=C(C(C)C/C=C/CC(=O)c1cnc(OCC)cn1)[C@]12CCCC[C@H]1CSC(N)=N2.CO. The second kappa shape index (κ2) is 12.7. The van der Waals surface area contributed by atoms with Crippen LogP contribution in [0.25, 0.3) is 0 Å². The van der Waals surface area contributed by atoms with Crippen LogP contribution in [0.1, 0.15) is 62.9 Å². The number of aliphatic hydroxyl groups is 1. The minimum atomic E-state index is -0.200. The van der Waals surface area contributed by atoms with Crippen LogP contribution in [-0.4, -0.2) is 51.0 Å². The minimum Gasteiger partial charge on any atom is -0.477 e. The van der Waals surface area contributed by atoms with E-state index in [-0.39, 0.29) is 17.2 Å². The number of carbonyl (C=O) groups excluding carboxylic acids is 1. The number of carbonyl (C=O) groups is 1. The first kappa shape index (κ1) is 26.1. The third-order valence-electron chi connectivity index (χ3n) is 6.09. The van der Waals surface area contributed by atoms with Crippen molar-refractivity contribution in [3.8, 4) is 5.88 Å². The number of thioether (sulfide) groups is 1. The molecule has 1 fully saturated rings. The Morgan fingerprint density at radius 2 is 2.16 bits per heavy atom. The van der Waals surface area contributed by atoms with Crippen LogP contribution in [0.3, 0.4) is 0 Å². The smallest absolute Gasteiger partial charge is 0.232 e. The van der Waals surface area contributed by atoms with Crippen molar-refractivity contribution in [2.45, 2.75) is 57.9 Å². The fourth-order valence-electron chi connectivity index (χ4n) is 4.35. The quantitative estimate of drug-likeness (QED) is 0.420. The standard InChI is InChI=1S/C23H32N4O2S.CH4O/c1-4-29-21-14-25-19(13-26-21)20(28)11-6-5-9-16(2)17(3)23-12-8-7-10-18(23)15-30-22(24)27-23;1-2/h5-6,13-14,16,18H,3-4,7-12,15H2,1-2H3,(H2,24,27);2H,1H3/b6-5+;/t16?,18-,23+;/m0./s1. The van der Waals surface area contributed by atoms with Crippen LogP contribution in [0.4, 0.5) is 0 Å². The molecule has 0 aromatic carbocycles. The van der Waals surface area contributed by atoms with Crippen LogP contribution in [-0.2, 0) is 0 Å². The monoisotopic (exact) mass is 460 g/mol. The largest absolute Gasteiger partial charge is 0.477 e. The lowest BCUT2D eigenvalue weighted by Crippen LogP contribution is -2.47. The molecule has 7 nitrogen and oxygen atoms in total. The Balaban J connectivity index is 0.00000176. The molecular formula is C24H36N4O3S. The highest BCUT2D eigenvalue weighted by Gasteiger charge is 2.46. The van der Waals surface area contributed by atoms with E-state index in [9.17, 15) is 4.79 Å². The molecule has 1 aromatic heterocycles. The number of nitrogens with two attached hydrogens (primary N) is 1. The molecule has 3 N–H and O–H groups in total. The predicted molar refractivity (Wildman–Crippen MR) is 131 cm³/mol. The summed E-state index contributed by atoms with van der Waals surface area (Å²) in [6, 6.07) is 0. The van der Waals surface area contributed by atoms with E-state index in [1.165, 1.54) is 37.2 Å². The molecule has 1 aliphatic heterocycles. The van der Waals surface area contributed by atoms with Crippen molar-refractivity contribution < 1.29 is 14.6 Å².